The minimum absolute atomic E-state index is 0.0119. The van der Waals surface area contributed by atoms with Gasteiger partial charge < -0.3 is 0 Å². The van der Waals surface area contributed by atoms with Gasteiger partial charge in [0.1, 0.15) is 0 Å². The lowest BCUT2D eigenvalue weighted by Gasteiger charge is -2.08. The Labute approximate surface area is 191 Å². The number of aromatic nitrogens is 3. The molecule has 0 aliphatic carbocycles. The Bertz CT molecular complexity index is 1430. The number of nitrogens with zero attached hydrogens (tertiary/aromatic N) is 3. The van der Waals surface area contributed by atoms with Crippen LogP contribution in [0.25, 0.3) is 26.8 Å². The van der Waals surface area contributed by atoms with Crippen LogP contribution in [0.1, 0.15) is 11.3 Å². The largest absolute Gasteiger partial charge is 0.434 e. The number of sulfone groups is 1. The molecule has 0 saturated carbocycles. The zero-order valence-corrected chi connectivity index (χ0v) is 19.1. The van der Waals surface area contributed by atoms with E-state index < -0.39 is 21.7 Å². The Balaban J connectivity index is 1.82. The van der Waals surface area contributed by atoms with Crippen LogP contribution in [-0.4, -0.2) is 29.2 Å². The van der Waals surface area contributed by atoms with E-state index in [-0.39, 0.29) is 15.9 Å². The molecule has 3 heterocycles. The summed E-state index contributed by atoms with van der Waals surface area (Å²) in [6.07, 6.45) is -1.19. The lowest BCUT2D eigenvalue weighted by Crippen LogP contribution is -2.05. The molecule has 0 radical (unpaired) electrons. The highest BCUT2D eigenvalue weighted by molar-refractivity contribution is 7.90. The van der Waals surface area contributed by atoms with E-state index in [0.717, 1.165) is 12.5 Å². The molecule has 32 heavy (non-hydrogen) atoms. The molecule has 11 heteroatoms. The molecule has 0 spiro atoms. The second-order valence-electron chi connectivity index (χ2n) is 7.05. The van der Waals surface area contributed by atoms with E-state index in [1.807, 2.05) is 0 Å². The number of imidazole rings is 1. The third-order valence-electron chi connectivity index (χ3n) is 4.60. The second-order valence-corrected chi connectivity index (χ2v) is 10.5. The normalized spacial score (nSPS) is 12.3. The van der Waals surface area contributed by atoms with E-state index in [1.54, 1.807) is 49.4 Å². The predicted molar refractivity (Wildman–Crippen MR) is 118 cm³/mol. The zero-order valence-electron chi connectivity index (χ0n) is 16.7. The van der Waals surface area contributed by atoms with Gasteiger partial charge in [-0.25, -0.2) is 18.4 Å². The van der Waals surface area contributed by atoms with Gasteiger partial charge in [-0.1, -0.05) is 23.7 Å². The van der Waals surface area contributed by atoms with E-state index >= 15 is 0 Å². The molecule has 3 aromatic heterocycles. The zero-order chi connectivity index (χ0) is 23.3. The molecule has 166 valence electrons. The minimum atomic E-state index is -4.62. The minimum Gasteiger partial charge on any atom is -0.297 e. The molecule has 0 aliphatic rings. The second kappa shape index (κ2) is 8.02. The molecular formula is C21H15ClF3N3O2S2. The monoisotopic (exact) mass is 497 g/mol. The van der Waals surface area contributed by atoms with Crippen molar-refractivity contribution in [3.8, 4) is 26.8 Å². The number of thiophene rings is 1. The quantitative estimate of drug-likeness (QED) is 0.344. The highest BCUT2D eigenvalue weighted by Crippen LogP contribution is 2.39. The first-order chi connectivity index (χ1) is 14.9. The fraction of sp³-hybridized carbons (Fsp3) is 0.143. The number of hydrogen-bond donors (Lipinski definition) is 0. The molecule has 0 aliphatic heterocycles. The fourth-order valence-electron chi connectivity index (χ4n) is 3.22. The van der Waals surface area contributed by atoms with Gasteiger partial charge >= 0.3 is 6.18 Å². The molecular weight excluding hydrogens is 483 g/mol. The van der Waals surface area contributed by atoms with Crippen LogP contribution in [0.3, 0.4) is 0 Å². The number of para-hydroxylation sites is 1. The van der Waals surface area contributed by atoms with Gasteiger partial charge in [-0.15, -0.1) is 11.3 Å². The van der Waals surface area contributed by atoms with Gasteiger partial charge in [0.15, 0.2) is 26.4 Å². The van der Waals surface area contributed by atoms with E-state index in [4.69, 9.17) is 11.6 Å². The SMILES string of the molecule is Cc1cc(-c2ccc(-c3nc(C(F)(F)F)cn3-c3ccccc3Cl)s2)cnc1S(C)(=O)=O. The third kappa shape index (κ3) is 4.30. The van der Waals surface area contributed by atoms with Crippen molar-refractivity contribution >= 4 is 32.8 Å². The van der Waals surface area contributed by atoms with E-state index in [2.05, 4.69) is 9.97 Å². The molecule has 0 bridgehead atoms. The Morgan fingerprint density at radius 1 is 1.09 bits per heavy atom. The van der Waals surface area contributed by atoms with Gasteiger partial charge in [0, 0.05) is 29.1 Å². The summed E-state index contributed by atoms with van der Waals surface area (Å²) >= 11 is 7.44. The van der Waals surface area contributed by atoms with E-state index in [0.29, 0.717) is 26.6 Å². The lowest BCUT2D eigenvalue weighted by molar-refractivity contribution is -0.140. The summed E-state index contributed by atoms with van der Waals surface area (Å²) in [4.78, 5) is 9.08. The molecule has 5 nitrogen and oxygen atoms in total. The molecule has 4 rings (SSSR count). The van der Waals surface area contributed by atoms with Crippen molar-refractivity contribution in [1.82, 2.24) is 14.5 Å². The predicted octanol–water partition coefficient (Wildman–Crippen LogP) is 6.05. The van der Waals surface area contributed by atoms with Crippen molar-refractivity contribution in [2.45, 2.75) is 18.1 Å². The highest BCUT2D eigenvalue weighted by atomic mass is 35.5. The lowest BCUT2D eigenvalue weighted by atomic mass is 10.2. The summed E-state index contributed by atoms with van der Waals surface area (Å²) in [5, 5.41) is 0.273. The van der Waals surface area contributed by atoms with Gasteiger partial charge in [-0.05, 0) is 42.8 Å². The van der Waals surface area contributed by atoms with Crippen molar-refractivity contribution in [2.75, 3.05) is 6.26 Å². The Morgan fingerprint density at radius 3 is 2.41 bits per heavy atom. The standard InChI is InChI=1S/C21H15ClF3N3O2S2/c1-12-9-13(10-26-20(12)32(2,29)30)16-7-8-17(31-16)19-27-18(21(23,24)25)11-28(19)15-6-4-3-5-14(15)22/h3-11H,1-2H3. The van der Waals surface area contributed by atoms with E-state index in [1.165, 1.54) is 22.1 Å². The summed E-state index contributed by atoms with van der Waals surface area (Å²) in [6.45, 7) is 1.64. The number of rotatable bonds is 4. The Kier molecular flexibility index (Phi) is 5.64. The molecule has 4 aromatic rings. The molecule has 0 N–H and O–H groups in total. The maximum Gasteiger partial charge on any atom is 0.434 e. The Hall–Kier alpha value is -2.69. The maximum absolute atomic E-state index is 13.4. The van der Waals surface area contributed by atoms with Crippen LogP contribution in [-0.2, 0) is 16.0 Å². The average Bonchev–Trinajstić information content (AvgIpc) is 3.34. The fourth-order valence-corrected chi connectivity index (χ4v) is 5.31. The van der Waals surface area contributed by atoms with Gasteiger partial charge in [0.25, 0.3) is 0 Å². The first-order valence-corrected chi connectivity index (χ1v) is 12.2. The summed E-state index contributed by atoms with van der Waals surface area (Å²) in [5.41, 5.74) is 0.476. The van der Waals surface area contributed by atoms with Crippen LogP contribution in [0.4, 0.5) is 13.2 Å². The molecule has 0 fully saturated rings. The van der Waals surface area contributed by atoms with Gasteiger partial charge in [-0.3, -0.25) is 4.57 Å². The van der Waals surface area contributed by atoms with Crippen LogP contribution in [0.15, 0.2) is 59.9 Å². The number of pyridine rings is 1. The van der Waals surface area contributed by atoms with Crippen LogP contribution in [0.2, 0.25) is 5.02 Å². The first-order valence-electron chi connectivity index (χ1n) is 9.14. The molecule has 0 amide bonds. The Morgan fingerprint density at radius 2 is 1.78 bits per heavy atom. The molecule has 0 unspecified atom stereocenters. The van der Waals surface area contributed by atoms with Crippen molar-refractivity contribution < 1.29 is 21.6 Å². The van der Waals surface area contributed by atoms with Crippen LogP contribution < -0.4 is 0 Å². The van der Waals surface area contributed by atoms with Crippen molar-refractivity contribution in [1.29, 1.82) is 0 Å². The van der Waals surface area contributed by atoms with E-state index in [9.17, 15) is 21.6 Å². The van der Waals surface area contributed by atoms with Gasteiger partial charge in [-0.2, -0.15) is 13.2 Å². The van der Waals surface area contributed by atoms with Crippen LogP contribution >= 0.6 is 22.9 Å². The average molecular weight is 498 g/mol. The summed E-state index contributed by atoms with van der Waals surface area (Å²) in [7, 11) is -3.46. The van der Waals surface area contributed by atoms with Crippen molar-refractivity contribution in [2.24, 2.45) is 0 Å². The van der Waals surface area contributed by atoms with Crippen molar-refractivity contribution in [3.63, 3.8) is 0 Å². The third-order valence-corrected chi connectivity index (χ3v) is 7.18. The number of halogens is 4. The topological polar surface area (TPSA) is 64.8 Å². The maximum atomic E-state index is 13.4. The number of hydrogen-bond acceptors (Lipinski definition) is 5. The van der Waals surface area contributed by atoms with Crippen molar-refractivity contribution in [3.05, 3.63) is 71.1 Å². The van der Waals surface area contributed by atoms with Gasteiger partial charge in [0.05, 0.1) is 15.6 Å². The number of alkyl halides is 3. The summed E-state index contributed by atoms with van der Waals surface area (Å²) in [5.74, 6) is 0.0964. The van der Waals surface area contributed by atoms with Crippen LogP contribution in [0.5, 0.6) is 0 Å². The van der Waals surface area contributed by atoms with Gasteiger partial charge in [0.2, 0.25) is 0 Å². The van der Waals surface area contributed by atoms with Crippen LogP contribution in [0, 0.1) is 6.92 Å². The summed E-state index contributed by atoms with van der Waals surface area (Å²) in [6, 6.07) is 11.6. The summed E-state index contributed by atoms with van der Waals surface area (Å²) < 4.78 is 65.1. The molecule has 0 atom stereocenters. The molecule has 0 saturated heterocycles. The first kappa shape index (κ1) is 22.5. The highest BCUT2D eigenvalue weighted by Gasteiger charge is 2.35. The number of benzene rings is 1. The number of aryl methyl sites for hydroxylation is 1. The molecule has 1 aromatic carbocycles. The smallest absolute Gasteiger partial charge is 0.297 e.